The maximum atomic E-state index is 13.9. The average Bonchev–Trinajstić information content (AvgIpc) is 3.00. The summed E-state index contributed by atoms with van der Waals surface area (Å²) in [5.74, 6) is -0.209. The van der Waals surface area contributed by atoms with Gasteiger partial charge in [-0.15, -0.1) is 0 Å². The zero-order valence-electron chi connectivity index (χ0n) is 23.7. The summed E-state index contributed by atoms with van der Waals surface area (Å²) >= 11 is 0. The largest absolute Gasteiger partial charge is 0.467 e. The number of hydrogen-bond acceptors (Lipinski definition) is 8. The van der Waals surface area contributed by atoms with E-state index in [-0.39, 0.29) is 13.4 Å². The lowest BCUT2D eigenvalue weighted by molar-refractivity contribution is -0.00783. The topological polar surface area (TPSA) is 93.2 Å². The van der Waals surface area contributed by atoms with Gasteiger partial charge in [0.2, 0.25) is 0 Å². The van der Waals surface area contributed by atoms with Gasteiger partial charge in [0.25, 0.3) is 0 Å². The lowest BCUT2D eigenvalue weighted by Gasteiger charge is -2.16. The first-order valence-electron chi connectivity index (χ1n) is 13.5. The molecule has 0 spiro atoms. The third kappa shape index (κ3) is 6.40. The fourth-order valence-corrected chi connectivity index (χ4v) is 4.73. The lowest BCUT2D eigenvalue weighted by atomic mass is 10.0. The Morgan fingerprint density at radius 2 is 1.50 bits per heavy atom. The molecule has 8 nitrogen and oxygen atoms in total. The van der Waals surface area contributed by atoms with Crippen LogP contribution in [0.4, 0.5) is 0 Å². The van der Waals surface area contributed by atoms with Crippen LogP contribution in [-0.4, -0.2) is 44.0 Å². The van der Waals surface area contributed by atoms with E-state index in [4.69, 9.17) is 28.7 Å². The highest BCUT2D eigenvalue weighted by Gasteiger charge is 2.23. The van der Waals surface area contributed by atoms with Gasteiger partial charge in [0.1, 0.15) is 18.1 Å². The van der Waals surface area contributed by atoms with Crippen molar-refractivity contribution in [1.29, 1.82) is 0 Å². The average molecular weight is 566 g/mol. The van der Waals surface area contributed by atoms with E-state index in [0.29, 0.717) is 68.8 Å². The van der Waals surface area contributed by atoms with Gasteiger partial charge in [-0.1, -0.05) is 54.6 Å². The standard InChI is InChI=1S/C34H31NO7/c1-22-18-25(33(36)40-20-24-10-5-4-6-11-24)19-23(2)32(22)42-34(37)30-26-12-7-8-13-27(26)35-28-14-9-15-29(31(28)30)41-21-39-17-16-38-3/h4-15,18-19H,16-17,20-21H2,1-3H3. The summed E-state index contributed by atoms with van der Waals surface area (Å²) < 4.78 is 28.0. The van der Waals surface area contributed by atoms with Gasteiger partial charge in [0, 0.05) is 12.5 Å². The molecule has 0 aliphatic carbocycles. The molecule has 0 unspecified atom stereocenters. The van der Waals surface area contributed by atoms with Crippen molar-refractivity contribution in [3.63, 3.8) is 0 Å². The molecule has 5 aromatic rings. The quantitative estimate of drug-likeness (QED) is 0.0583. The van der Waals surface area contributed by atoms with Gasteiger partial charge in [-0.25, -0.2) is 14.6 Å². The second-order valence-electron chi connectivity index (χ2n) is 9.71. The Morgan fingerprint density at radius 3 is 2.26 bits per heavy atom. The highest BCUT2D eigenvalue weighted by molar-refractivity contribution is 6.16. The van der Waals surface area contributed by atoms with Crippen LogP contribution in [-0.2, 0) is 20.8 Å². The normalized spacial score (nSPS) is 11.0. The molecule has 0 N–H and O–H groups in total. The van der Waals surface area contributed by atoms with E-state index in [1.54, 1.807) is 39.2 Å². The zero-order chi connectivity index (χ0) is 29.5. The first-order valence-corrected chi connectivity index (χ1v) is 13.5. The zero-order valence-corrected chi connectivity index (χ0v) is 23.7. The number of esters is 2. The number of carbonyl (C=O) groups excluding carboxylic acids is 2. The summed E-state index contributed by atoms with van der Waals surface area (Å²) in [6, 6.07) is 25.6. The van der Waals surface area contributed by atoms with Crippen molar-refractivity contribution in [2.45, 2.75) is 20.5 Å². The Morgan fingerprint density at radius 1 is 0.786 bits per heavy atom. The number of para-hydroxylation sites is 1. The van der Waals surface area contributed by atoms with Crippen LogP contribution in [0.1, 0.15) is 37.4 Å². The molecule has 0 saturated heterocycles. The number of rotatable bonds is 11. The smallest absolute Gasteiger partial charge is 0.345 e. The number of pyridine rings is 1. The first kappa shape index (κ1) is 28.7. The van der Waals surface area contributed by atoms with Crippen LogP contribution in [0, 0.1) is 13.8 Å². The molecule has 0 bridgehead atoms. The van der Waals surface area contributed by atoms with Crippen molar-refractivity contribution in [3.8, 4) is 11.5 Å². The van der Waals surface area contributed by atoms with Crippen LogP contribution in [0.3, 0.4) is 0 Å². The highest BCUT2D eigenvalue weighted by atomic mass is 16.7. The molecule has 8 heteroatoms. The SMILES string of the molecule is COCCOCOc1cccc2nc3ccccc3c(C(=O)Oc3c(C)cc(C(=O)OCc4ccccc4)cc3C)c12. The highest BCUT2D eigenvalue weighted by Crippen LogP contribution is 2.35. The summed E-state index contributed by atoms with van der Waals surface area (Å²) in [6.45, 7) is 4.52. The van der Waals surface area contributed by atoms with Crippen LogP contribution >= 0.6 is 0 Å². The van der Waals surface area contributed by atoms with Crippen LogP contribution in [0.15, 0.2) is 84.9 Å². The van der Waals surface area contributed by atoms with E-state index in [1.807, 2.05) is 66.7 Å². The predicted molar refractivity (Wildman–Crippen MR) is 159 cm³/mol. The van der Waals surface area contributed by atoms with Crippen molar-refractivity contribution >= 4 is 33.7 Å². The van der Waals surface area contributed by atoms with E-state index >= 15 is 0 Å². The molecule has 0 atom stereocenters. The fourth-order valence-electron chi connectivity index (χ4n) is 4.73. The molecule has 4 aromatic carbocycles. The van der Waals surface area contributed by atoms with E-state index in [9.17, 15) is 9.59 Å². The Balaban J connectivity index is 1.45. The number of nitrogens with zero attached hydrogens (tertiary/aromatic N) is 1. The van der Waals surface area contributed by atoms with E-state index in [0.717, 1.165) is 5.56 Å². The number of ether oxygens (including phenoxy) is 5. The molecule has 0 fully saturated rings. The molecule has 5 rings (SSSR count). The van der Waals surface area contributed by atoms with Gasteiger partial charge in [0.05, 0.1) is 40.8 Å². The third-order valence-corrected chi connectivity index (χ3v) is 6.71. The Kier molecular flexibility index (Phi) is 9.06. The van der Waals surface area contributed by atoms with Crippen LogP contribution in [0.2, 0.25) is 0 Å². The van der Waals surface area contributed by atoms with Gasteiger partial charge < -0.3 is 23.7 Å². The summed E-state index contributed by atoms with van der Waals surface area (Å²) in [5.41, 5.74) is 4.08. The minimum Gasteiger partial charge on any atom is -0.467 e. The van der Waals surface area contributed by atoms with Gasteiger partial charge in [-0.3, -0.25) is 0 Å². The molecule has 0 amide bonds. The van der Waals surface area contributed by atoms with Crippen molar-refractivity contribution in [3.05, 3.63) is 113 Å². The van der Waals surface area contributed by atoms with E-state index in [1.165, 1.54) is 0 Å². The van der Waals surface area contributed by atoms with Gasteiger partial charge >= 0.3 is 11.9 Å². The monoisotopic (exact) mass is 565 g/mol. The van der Waals surface area contributed by atoms with Crippen LogP contribution in [0.25, 0.3) is 21.8 Å². The second-order valence-corrected chi connectivity index (χ2v) is 9.71. The number of aromatic nitrogens is 1. The van der Waals surface area contributed by atoms with Gasteiger partial charge in [0.15, 0.2) is 6.79 Å². The van der Waals surface area contributed by atoms with Gasteiger partial charge in [-0.2, -0.15) is 0 Å². The fraction of sp³-hybridized carbons (Fsp3) is 0.206. The maximum absolute atomic E-state index is 13.9. The summed E-state index contributed by atoms with van der Waals surface area (Å²) in [7, 11) is 1.60. The molecule has 1 heterocycles. The minimum atomic E-state index is -0.569. The molecule has 214 valence electrons. The number of fused-ring (bicyclic) bond motifs is 2. The van der Waals surface area contributed by atoms with Crippen molar-refractivity contribution in [2.75, 3.05) is 27.1 Å². The number of benzene rings is 4. The van der Waals surface area contributed by atoms with E-state index < -0.39 is 11.9 Å². The second kappa shape index (κ2) is 13.2. The Labute approximate surface area is 243 Å². The van der Waals surface area contributed by atoms with Crippen LogP contribution < -0.4 is 9.47 Å². The number of carbonyl (C=O) groups is 2. The van der Waals surface area contributed by atoms with Gasteiger partial charge in [-0.05, 0) is 60.9 Å². The molecule has 0 radical (unpaired) electrons. The van der Waals surface area contributed by atoms with Crippen molar-refractivity contribution in [1.82, 2.24) is 4.98 Å². The maximum Gasteiger partial charge on any atom is 0.345 e. The Hall–Kier alpha value is -4.79. The molecular formula is C34H31NO7. The summed E-state index contributed by atoms with van der Waals surface area (Å²) in [4.78, 5) is 31.5. The summed E-state index contributed by atoms with van der Waals surface area (Å²) in [5, 5.41) is 1.15. The van der Waals surface area contributed by atoms with Crippen LogP contribution in [0.5, 0.6) is 11.5 Å². The molecule has 42 heavy (non-hydrogen) atoms. The van der Waals surface area contributed by atoms with Crippen molar-refractivity contribution in [2.24, 2.45) is 0 Å². The molecule has 0 aliphatic rings. The first-order chi connectivity index (χ1) is 20.5. The van der Waals surface area contributed by atoms with E-state index in [2.05, 4.69) is 0 Å². The molecular weight excluding hydrogens is 534 g/mol. The molecule has 1 aromatic heterocycles. The lowest BCUT2D eigenvalue weighted by Crippen LogP contribution is -2.14. The predicted octanol–water partition coefficient (Wildman–Crippen LogP) is 6.58. The Bertz CT molecular complexity index is 1710. The number of hydrogen-bond donors (Lipinski definition) is 0. The molecule has 0 saturated carbocycles. The third-order valence-electron chi connectivity index (χ3n) is 6.71. The minimum absolute atomic E-state index is 0.0240. The van der Waals surface area contributed by atoms with Crippen molar-refractivity contribution < 1.29 is 33.3 Å². The molecule has 0 aliphatic heterocycles. The number of aryl methyl sites for hydroxylation is 2. The summed E-state index contributed by atoms with van der Waals surface area (Å²) in [6.07, 6.45) is 0. The number of methoxy groups -OCH3 is 1.